The van der Waals surface area contributed by atoms with E-state index in [9.17, 15) is 13.6 Å². The van der Waals surface area contributed by atoms with E-state index in [4.69, 9.17) is 0 Å². The maximum atomic E-state index is 13.9. The minimum absolute atomic E-state index is 0.0395. The highest BCUT2D eigenvalue weighted by Gasteiger charge is 2.45. The second kappa shape index (κ2) is 4.54. The molecule has 1 amide bonds. The Morgan fingerprint density at radius 3 is 2.79 bits per heavy atom. The van der Waals surface area contributed by atoms with Crippen molar-refractivity contribution in [2.75, 3.05) is 0 Å². The van der Waals surface area contributed by atoms with E-state index in [1.165, 1.54) is 12.1 Å². The van der Waals surface area contributed by atoms with Gasteiger partial charge in [-0.25, -0.2) is 14.2 Å². The van der Waals surface area contributed by atoms with Gasteiger partial charge >= 0.3 is 0 Å². The van der Waals surface area contributed by atoms with Crippen molar-refractivity contribution in [3.63, 3.8) is 0 Å². The first-order valence-corrected chi connectivity index (χ1v) is 6.31. The highest BCUT2D eigenvalue weighted by Crippen LogP contribution is 2.38. The first kappa shape index (κ1) is 12.5. The van der Waals surface area contributed by atoms with Crippen molar-refractivity contribution in [1.29, 1.82) is 0 Å². The quantitative estimate of drug-likeness (QED) is 0.711. The van der Waals surface area contributed by atoms with Crippen LogP contribution in [0.3, 0.4) is 0 Å². The van der Waals surface area contributed by atoms with Crippen LogP contribution >= 0.6 is 0 Å². The maximum Gasteiger partial charge on any atom is 0.221 e. The average molecular weight is 267 g/mol. The number of hydrogen-bond acceptors (Lipinski definition) is 3. The number of hydrogen-bond donors (Lipinski definition) is 3. The van der Waals surface area contributed by atoms with Crippen molar-refractivity contribution in [3.8, 4) is 0 Å². The largest absolute Gasteiger partial charge is 0.339 e. The molecule has 102 valence electrons. The molecule has 0 bridgehead atoms. The van der Waals surface area contributed by atoms with E-state index in [1.807, 2.05) is 6.92 Å². The SMILES string of the molecule is CC1NNC2NC(=O)CC(c3ccc(F)cc3F)C12. The van der Waals surface area contributed by atoms with Crippen LogP contribution in [0.4, 0.5) is 8.78 Å². The summed E-state index contributed by atoms with van der Waals surface area (Å²) in [5, 5.41) is 2.83. The molecule has 0 aromatic heterocycles. The molecule has 4 nitrogen and oxygen atoms in total. The molecule has 1 aromatic carbocycles. The standard InChI is InChI=1S/C13H15F2N3O/c1-6-12-9(5-11(19)16-13(12)18-17-6)8-3-2-7(14)4-10(8)15/h2-4,6,9,12-13,17-18H,5H2,1H3,(H,16,19). The molecule has 3 rings (SSSR count). The molecule has 2 saturated heterocycles. The lowest BCUT2D eigenvalue weighted by Gasteiger charge is -2.35. The van der Waals surface area contributed by atoms with Crippen LogP contribution in [0.2, 0.25) is 0 Å². The zero-order chi connectivity index (χ0) is 13.6. The number of carbonyl (C=O) groups is 1. The fraction of sp³-hybridized carbons (Fsp3) is 0.462. The molecule has 2 heterocycles. The molecule has 19 heavy (non-hydrogen) atoms. The topological polar surface area (TPSA) is 53.2 Å². The number of halogens is 2. The number of hydrazine groups is 1. The van der Waals surface area contributed by atoms with Crippen molar-refractivity contribution >= 4 is 5.91 Å². The molecule has 4 unspecified atom stereocenters. The molecule has 0 aliphatic carbocycles. The lowest BCUT2D eigenvalue weighted by molar-refractivity contribution is -0.125. The summed E-state index contributed by atoms with van der Waals surface area (Å²) in [7, 11) is 0. The highest BCUT2D eigenvalue weighted by atomic mass is 19.1. The number of piperidine rings is 1. The Morgan fingerprint density at radius 1 is 1.26 bits per heavy atom. The van der Waals surface area contributed by atoms with Crippen LogP contribution in [0.5, 0.6) is 0 Å². The van der Waals surface area contributed by atoms with E-state index in [0.717, 1.165) is 6.07 Å². The number of benzene rings is 1. The van der Waals surface area contributed by atoms with Crippen LogP contribution in [0, 0.1) is 17.6 Å². The van der Waals surface area contributed by atoms with E-state index in [-0.39, 0.29) is 36.4 Å². The van der Waals surface area contributed by atoms with Crippen LogP contribution in [0.15, 0.2) is 18.2 Å². The van der Waals surface area contributed by atoms with Gasteiger partial charge in [0.05, 0.1) is 6.17 Å². The zero-order valence-electron chi connectivity index (χ0n) is 10.4. The molecular formula is C13H15F2N3O. The summed E-state index contributed by atoms with van der Waals surface area (Å²) >= 11 is 0. The van der Waals surface area contributed by atoms with Gasteiger partial charge in [0.1, 0.15) is 11.6 Å². The Kier molecular flexibility index (Phi) is 2.99. The van der Waals surface area contributed by atoms with E-state index in [1.54, 1.807) is 0 Å². The summed E-state index contributed by atoms with van der Waals surface area (Å²) in [4.78, 5) is 11.7. The maximum absolute atomic E-state index is 13.9. The molecule has 0 radical (unpaired) electrons. The second-order valence-corrected chi connectivity index (χ2v) is 5.18. The molecule has 0 spiro atoms. The van der Waals surface area contributed by atoms with E-state index in [0.29, 0.717) is 5.56 Å². The van der Waals surface area contributed by atoms with Gasteiger partial charge in [-0.05, 0) is 18.6 Å². The Bertz CT molecular complexity index is 523. The predicted molar refractivity (Wildman–Crippen MR) is 64.9 cm³/mol. The Hall–Kier alpha value is -1.53. The Labute approximate surface area is 109 Å². The van der Waals surface area contributed by atoms with Crippen molar-refractivity contribution in [3.05, 3.63) is 35.4 Å². The molecule has 2 aliphatic heterocycles. The van der Waals surface area contributed by atoms with Crippen molar-refractivity contribution in [2.45, 2.75) is 31.5 Å². The molecule has 2 aliphatic rings. The van der Waals surface area contributed by atoms with Gasteiger partial charge in [-0.2, -0.15) is 0 Å². The van der Waals surface area contributed by atoms with Gasteiger partial charge in [0, 0.05) is 30.4 Å². The Morgan fingerprint density at radius 2 is 2.05 bits per heavy atom. The van der Waals surface area contributed by atoms with Gasteiger partial charge in [-0.3, -0.25) is 10.2 Å². The molecule has 0 saturated carbocycles. The van der Waals surface area contributed by atoms with Gasteiger partial charge in [-0.15, -0.1) is 0 Å². The third-order valence-corrected chi connectivity index (χ3v) is 3.98. The second-order valence-electron chi connectivity index (χ2n) is 5.18. The summed E-state index contributed by atoms with van der Waals surface area (Å²) in [6.07, 6.45) is 0.00272. The summed E-state index contributed by atoms with van der Waals surface area (Å²) in [6.45, 7) is 1.98. The van der Waals surface area contributed by atoms with Crippen LogP contribution in [0.1, 0.15) is 24.8 Å². The van der Waals surface area contributed by atoms with E-state index >= 15 is 0 Å². The van der Waals surface area contributed by atoms with Crippen LogP contribution in [-0.4, -0.2) is 18.1 Å². The number of fused-ring (bicyclic) bond motifs is 1. The number of carbonyl (C=O) groups excluding carboxylic acids is 1. The third kappa shape index (κ3) is 2.11. The lowest BCUT2D eigenvalue weighted by atomic mass is 9.76. The van der Waals surface area contributed by atoms with Crippen molar-refractivity contribution < 1.29 is 13.6 Å². The number of amides is 1. The molecular weight excluding hydrogens is 252 g/mol. The minimum atomic E-state index is -0.603. The monoisotopic (exact) mass is 267 g/mol. The average Bonchev–Trinajstić information content (AvgIpc) is 2.70. The predicted octanol–water partition coefficient (Wildman–Crippen LogP) is 1.01. The minimum Gasteiger partial charge on any atom is -0.339 e. The molecule has 2 fully saturated rings. The summed E-state index contributed by atoms with van der Waals surface area (Å²) in [5.41, 5.74) is 6.45. The number of nitrogens with one attached hydrogen (secondary N) is 3. The molecule has 3 N–H and O–H groups in total. The number of rotatable bonds is 1. The zero-order valence-corrected chi connectivity index (χ0v) is 10.4. The van der Waals surface area contributed by atoms with E-state index < -0.39 is 11.6 Å². The lowest BCUT2D eigenvalue weighted by Crippen LogP contribution is -2.52. The third-order valence-electron chi connectivity index (χ3n) is 3.98. The van der Waals surface area contributed by atoms with Crippen LogP contribution in [-0.2, 0) is 4.79 Å². The molecule has 1 aromatic rings. The normalized spacial score (nSPS) is 33.9. The smallest absolute Gasteiger partial charge is 0.221 e. The van der Waals surface area contributed by atoms with Gasteiger partial charge in [-0.1, -0.05) is 6.07 Å². The molecule has 4 atom stereocenters. The fourth-order valence-electron chi connectivity index (χ4n) is 3.10. The van der Waals surface area contributed by atoms with Crippen molar-refractivity contribution in [2.24, 2.45) is 5.92 Å². The summed E-state index contributed by atoms with van der Waals surface area (Å²) in [6, 6.07) is 3.65. The molecule has 6 heteroatoms. The Balaban J connectivity index is 1.99. The first-order chi connectivity index (χ1) is 9.06. The van der Waals surface area contributed by atoms with E-state index in [2.05, 4.69) is 16.2 Å². The van der Waals surface area contributed by atoms with Gasteiger partial charge in [0.2, 0.25) is 5.91 Å². The fourth-order valence-corrected chi connectivity index (χ4v) is 3.10. The van der Waals surface area contributed by atoms with Gasteiger partial charge < -0.3 is 5.32 Å². The van der Waals surface area contributed by atoms with Gasteiger partial charge in [0.25, 0.3) is 0 Å². The summed E-state index contributed by atoms with van der Waals surface area (Å²) < 4.78 is 26.9. The highest BCUT2D eigenvalue weighted by molar-refractivity contribution is 5.78. The van der Waals surface area contributed by atoms with Crippen LogP contribution in [0.25, 0.3) is 0 Å². The summed E-state index contributed by atoms with van der Waals surface area (Å²) in [5.74, 6) is -1.53. The first-order valence-electron chi connectivity index (χ1n) is 6.31. The van der Waals surface area contributed by atoms with Crippen LogP contribution < -0.4 is 16.2 Å². The van der Waals surface area contributed by atoms with Gasteiger partial charge in [0.15, 0.2) is 0 Å². The van der Waals surface area contributed by atoms with Crippen molar-refractivity contribution in [1.82, 2.24) is 16.2 Å².